The molecule has 0 saturated heterocycles. The fourth-order valence-corrected chi connectivity index (χ4v) is 1.36. The minimum absolute atomic E-state index is 0.919. The van der Waals surface area contributed by atoms with E-state index in [9.17, 15) is 0 Å². The molecule has 10 heavy (non-hydrogen) atoms. The molecule has 2 heteroatoms. The van der Waals surface area contributed by atoms with Gasteiger partial charge in [-0.25, -0.2) is 0 Å². The van der Waals surface area contributed by atoms with E-state index in [1.54, 1.807) is 0 Å². The topological polar surface area (TPSA) is 41.8 Å². The molecular formula is C8H10N2. The summed E-state index contributed by atoms with van der Waals surface area (Å²) in [5.41, 5.74) is 9.12. The van der Waals surface area contributed by atoms with Crippen LogP contribution in [0, 0.1) is 0 Å². The van der Waals surface area contributed by atoms with Crippen LogP contribution in [0.5, 0.6) is 0 Å². The molecule has 0 saturated carbocycles. The second kappa shape index (κ2) is 1.90. The molecule has 0 spiro atoms. The molecule has 2 nitrogen and oxygen atoms in total. The van der Waals surface area contributed by atoms with Gasteiger partial charge in [0.1, 0.15) is 0 Å². The van der Waals surface area contributed by atoms with Gasteiger partial charge in [0.05, 0.1) is 0 Å². The van der Waals surface area contributed by atoms with Crippen molar-refractivity contribution >= 4 is 5.70 Å². The molecule has 0 atom stereocenters. The molecule has 0 unspecified atom stereocenters. The smallest absolute Gasteiger partial charge is 0.0365 e. The van der Waals surface area contributed by atoms with E-state index in [0.29, 0.717) is 0 Å². The fourth-order valence-electron chi connectivity index (χ4n) is 1.36. The van der Waals surface area contributed by atoms with E-state index in [1.165, 1.54) is 11.3 Å². The summed E-state index contributed by atoms with van der Waals surface area (Å²) in [6.45, 7) is 0. The van der Waals surface area contributed by atoms with Gasteiger partial charge in [0, 0.05) is 23.2 Å². The predicted molar refractivity (Wildman–Crippen MR) is 41.3 cm³/mol. The first-order valence-electron chi connectivity index (χ1n) is 3.50. The lowest BCUT2D eigenvalue weighted by molar-refractivity contribution is 0.935. The Morgan fingerprint density at radius 1 is 1.50 bits per heavy atom. The van der Waals surface area contributed by atoms with Crippen molar-refractivity contribution in [3.63, 3.8) is 0 Å². The number of rotatable bonds is 0. The first kappa shape index (κ1) is 5.59. The van der Waals surface area contributed by atoms with Gasteiger partial charge in [-0.15, -0.1) is 0 Å². The molecule has 3 N–H and O–H groups in total. The Kier molecular flexibility index (Phi) is 1.07. The number of nitrogens with one attached hydrogen (secondary N) is 1. The molecule has 1 aromatic rings. The zero-order valence-corrected chi connectivity index (χ0v) is 5.72. The van der Waals surface area contributed by atoms with Crippen LogP contribution < -0.4 is 5.73 Å². The number of hydrogen-bond acceptors (Lipinski definition) is 1. The third kappa shape index (κ3) is 0.652. The van der Waals surface area contributed by atoms with Crippen LogP contribution in [0.2, 0.25) is 0 Å². The quantitative estimate of drug-likeness (QED) is 0.551. The minimum atomic E-state index is 0.919. The Labute approximate surface area is 59.7 Å². The lowest BCUT2D eigenvalue weighted by atomic mass is 10.0. The van der Waals surface area contributed by atoms with Crippen molar-refractivity contribution in [3.8, 4) is 0 Å². The van der Waals surface area contributed by atoms with Gasteiger partial charge in [0.15, 0.2) is 0 Å². The van der Waals surface area contributed by atoms with E-state index in [0.717, 1.165) is 18.5 Å². The van der Waals surface area contributed by atoms with Crippen LogP contribution >= 0.6 is 0 Å². The summed E-state index contributed by atoms with van der Waals surface area (Å²) in [6, 6.07) is 2.03. The van der Waals surface area contributed by atoms with E-state index in [2.05, 4.69) is 11.1 Å². The summed E-state index contributed by atoms with van der Waals surface area (Å²) in [6.07, 6.45) is 6.19. The highest BCUT2D eigenvalue weighted by Crippen LogP contribution is 2.20. The summed E-state index contributed by atoms with van der Waals surface area (Å²) in [7, 11) is 0. The summed E-state index contributed by atoms with van der Waals surface area (Å²) in [4.78, 5) is 3.17. The molecule has 0 radical (unpaired) electrons. The standard InChI is InChI=1S/C8H10N2/c9-7-2-1-3-8-6(7)4-5-10-8/h2,4-5,10H,1,3,9H2. The predicted octanol–water partition coefficient (Wildman–Crippen LogP) is 1.26. The summed E-state index contributed by atoms with van der Waals surface area (Å²) < 4.78 is 0. The Bertz CT molecular complexity index is 271. The maximum absolute atomic E-state index is 5.73. The molecule has 0 bridgehead atoms. The van der Waals surface area contributed by atoms with Crippen LogP contribution in [0.3, 0.4) is 0 Å². The Balaban J connectivity index is 2.55. The van der Waals surface area contributed by atoms with Gasteiger partial charge >= 0.3 is 0 Å². The molecule has 2 rings (SSSR count). The molecule has 52 valence electrons. The summed E-state index contributed by atoms with van der Waals surface area (Å²) in [5, 5.41) is 0. The zero-order chi connectivity index (χ0) is 6.97. The second-order valence-corrected chi connectivity index (χ2v) is 2.57. The number of fused-ring (bicyclic) bond motifs is 1. The van der Waals surface area contributed by atoms with Crippen molar-refractivity contribution in [3.05, 3.63) is 29.6 Å². The molecule has 1 heterocycles. The number of aromatic amines is 1. The Morgan fingerprint density at radius 3 is 3.20 bits per heavy atom. The van der Waals surface area contributed by atoms with Crippen LogP contribution in [-0.2, 0) is 6.42 Å². The van der Waals surface area contributed by atoms with E-state index >= 15 is 0 Å². The third-order valence-corrected chi connectivity index (χ3v) is 1.90. The van der Waals surface area contributed by atoms with Crippen molar-refractivity contribution < 1.29 is 0 Å². The SMILES string of the molecule is NC1=CCCc2[nH]ccc21. The largest absolute Gasteiger partial charge is 0.398 e. The van der Waals surface area contributed by atoms with E-state index in [-0.39, 0.29) is 0 Å². The molecule has 0 fully saturated rings. The van der Waals surface area contributed by atoms with Gasteiger partial charge in [-0.1, -0.05) is 6.08 Å². The van der Waals surface area contributed by atoms with Crippen LogP contribution in [-0.4, -0.2) is 4.98 Å². The average Bonchev–Trinajstić information content (AvgIpc) is 2.36. The molecule has 1 aliphatic carbocycles. The summed E-state index contributed by atoms with van der Waals surface area (Å²) in [5.74, 6) is 0. The highest BCUT2D eigenvalue weighted by molar-refractivity contribution is 5.66. The Hall–Kier alpha value is -1.18. The van der Waals surface area contributed by atoms with E-state index in [1.807, 2.05) is 12.3 Å². The van der Waals surface area contributed by atoms with Crippen LogP contribution in [0.25, 0.3) is 5.70 Å². The van der Waals surface area contributed by atoms with Gasteiger partial charge in [0.25, 0.3) is 0 Å². The molecular weight excluding hydrogens is 124 g/mol. The zero-order valence-electron chi connectivity index (χ0n) is 5.72. The minimum Gasteiger partial charge on any atom is -0.398 e. The van der Waals surface area contributed by atoms with Gasteiger partial charge in [0.2, 0.25) is 0 Å². The Morgan fingerprint density at radius 2 is 2.40 bits per heavy atom. The van der Waals surface area contributed by atoms with E-state index < -0.39 is 0 Å². The first-order valence-corrected chi connectivity index (χ1v) is 3.50. The number of allylic oxidation sites excluding steroid dienone is 1. The number of H-pyrrole nitrogens is 1. The van der Waals surface area contributed by atoms with Crippen molar-refractivity contribution in [1.29, 1.82) is 0 Å². The van der Waals surface area contributed by atoms with Gasteiger partial charge in [-0.3, -0.25) is 0 Å². The number of aryl methyl sites for hydroxylation is 1. The van der Waals surface area contributed by atoms with Crippen molar-refractivity contribution in [1.82, 2.24) is 4.98 Å². The lowest BCUT2D eigenvalue weighted by Crippen LogP contribution is -2.03. The van der Waals surface area contributed by atoms with Crippen LogP contribution in [0.15, 0.2) is 18.3 Å². The van der Waals surface area contributed by atoms with Crippen molar-refractivity contribution in [2.24, 2.45) is 5.73 Å². The number of aromatic nitrogens is 1. The van der Waals surface area contributed by atoms with E-state index in [4.69, 9.17) is 5.73 Å². The molecule has 1 aromatic heterocycles. The van der Waals surface area contributed by atoms with Gasteiger partial charge in [-0.05, 0) is 18.9 Å². The highest BCUT2D eigenvalue weighted by atomic mass is 14.7. The maximum atomic E-state index is 5.73. The summed E-state index contributed by atoms with van der Waals surface area (Å²) >= 11 is 0. The molecule has 1 aliphatic rings. The average molecular weight is 134 g/mol. The van der Waals surface area contributed by atoms with Gasteiger partial charge < -0.3 is 10.7 Å². The first-order chi connectivity index (χ1) is 4.88. The highest BCUT2D eigenvalue weighted by Gasteiger charge is 2.09. The number of hydrogen-bond donors (Lipinski definition) is 2. The maximum Gasteiger partial charge on any atom is 0.0365 e. The molecule has 0 aliphatic heterocycles. The molecule has 0 amide bonds. The second-order valence-electron chi connectivity index (χ2n) is 2.57. The fraction of sp³-hybridized carbons (Fsp3) is 0.250. The normalized spacial score (nSPS) is 16.2. The van der Waals surface area contributed by atoms with Crippen LogP contribution in [0.1, 0.15) is 17.7 Å². The third-order valence-electron chi connectivity index (χ3n) is 1.90. The lowest BCUT2D eigenvalue weighted by Gasteiger charge is -2.08. The van der Waals surface area contributed by atoms with Crippen molar-refractivity contribution in [2.45, 2.75) is 12.8 Å². The van der Waals surface area contributed by atoms with Crippen LogP contribution in [0.4, 0.5) is 0 Å². The number of nitrogens with two attached hydrogens (primary N) is 1. The monoisotopic (exact) mass is 134 g/mol. The molecule has 0 aromatic carbocycles. The van der Waals surface area contributed by atoms with Crippen molar-refractivity contribution in [2.75, 3.05) is 0 Å². The van der Waals surface area contributed by atoms with Gasteiger partial charge in [-0.2, -0.15) is 0 Å².